The van der Waals surface area contributed by atoms with Gasteiger partial charge in [0.2, 0.25) is 0 Å². The highest BCUT2D eigenvalue weighted by molar-refractivity contribution is 6.10. The second-order valence-electron chi connectivity index (χ2n) is 14.1. The molecule has 2 heterocycles. The van der Waals surface area contributed by atoms with E-state index in [2.05, 4.69) is 147 Å². The van der Waals surface area contributed by atoms with Gasteiger partial charge in [-0.15, -0.1) is 0 Å². The molecular weight excluding hydrogens is 597 g/mol. The number of rotatable bonds is 2. The topological polar surface area (TPSA) is 22.4 Å². The molecule has 0 unspecified atom stereocenters. The van der Waals surface area contributed by atoms with Crippen molar-refractivity contribution < 1.29 is 9.15 Å². The van der Waals surface area contributed by atoms with Crippen LogP contribution in [0.15, 0.2) is 150 Å². The Hall–Kier alpha value is -6.12. The molecule has 0 N–H and O–H groups in total. The number of furan rings is 1. The second-order valence-corrected chi connectivity index (χ2v) is 14.1. The molecule has 1 aliphatic heterocycles. The fourth-order valence-electron chi connectivity index (χ4n) is 8.74. The summed E-state index contributed by atoms with van der Waals surface area (Å²) in [6, 6.07) is 52.8. The van der Waals surface area contributed by atoms with Crippen LogP contribution in [0.1, 0.15) is 25.0 Å². The van der Waals surface area contributed by atoms with E-state index in [9.17, 15) is 0 Å². The number of ether oxygens (including phenoxy) is 1. The number of fused-ring (bicyclic) bond motifs is 10. The molecule has 0 radical (unpaired) electrons. The molecule has 0 spiro atoms. The number of hydrogen-bond donors (Lipinski definition) is 0. The van der Waals surface area contributed by atoms with Crippen molar-refractivity contribution in [3.05, 3.63) is 157 Å². The highest BCUT2D eigenvalue weighted by atomic mass is 16.5. The summed E-state index contributed by atoms with van der Waals surface area (Å²) in [5.74, 6) is 1.83. The highest BCUT2D eigenvalue weighted by Crippen LogP contribution is 2.54. The Morgan fingerprint density at radius 1 is 0.429 bits per heavy atom. The molecule has 9 aromatic rings. The molecule has 2 aliphatic rings. The molecule has 8 aromatic carbocycles. The van der Waals surface area contributed by atoms with Crippen molar-refractivity contribution in [2.75, 3.05) is 0 Å². The lowest BCUT2D eigenvalue weighted by molar-refractivity contribution is 0.487. The van der Waals surface area contributed by atoms with Crippen LogP contribution in [0.3, 0.4) is 0 Å². The first-order valence-corrected chi connectivity index (χ1v) is 17.0. The van der Waals surface area contributed by atoms with Gasteiger partial charge in [0.15, 0.2) is 0 Å². The van der Waals surface area contributed by atoms with Crippen LogP contribution in [0.25, 0.3) is 88.0 Å². The van der Waals surface area contributed by atoms with Gasteiger partial charge >= 0.3 is 0 Å². The van der Waals surface area contributed by atoms with Gasteiger partial charge < -0.3 is 9.15 Å². The van der Waals surface area contributed by atoms with Crippen molar-refractivity contribution in [2.24, 2.45) is 0 Å². The van der Waals surface area contributed by atoms with Gasteiger partial charge in [0.05, 0.1) is 0 Å². The van der Waals surface area contributed by atoms with Crippen molar-refractivity contribution in [1.82, 2.24) is 0 Å². The van der Waals surface area contributed by atoms with Gasteiger partial charge in [-0.3, -0.25) is 0 Å². The van der Waals surface area contributed by atoms with Crippen molar-refractivity contribution in [1.29, 1.82) is 0 Å². The lowest BCUT2D eigenvalue weighted by Crippen LogP contribution is -2.16. The van der Waals surface area contributed by atoms with Crippen LogP contribution in [0, 0.1) is 0 Å². The summed E-state index contributed by atoms with van der Waals surface area (Å²) < 4.78 is 12.7. The van der Waals surface area contributed by atoms with Gasteiger partial charge in [-0.05, 0) is 109 Å². The summed E-state index contributed by atoms with van der Waals surface area (Å²) in [6.45, 7) is 4.77. The Morgan fingerprint density at radius 2 is 1.14 bits per heavy atom. The van der Waals surface area contributed by atoms with Crippen LogP contribution in [0.4, 0.5) is 0 Å². The average molecular weight is 627 g/mol. The number of benzene rings is 8. The van der Waals surface area contributed by atoms with Gasteiger partial charge in [0, 0.05) is 27.1 Å². The zero-order chi connectivity index (χ0) is 32.4. The van der Waals surface area contributed by atoms with E-state index in [-0.39, 0.29) is 5.41 Å². The van der Waals surface area contributed by atoms with E-state index >= 15 is 0 Å². The minimum absolute atomic E-state index is 0.207. The van der Waals surface area contributed by atoms with E-state index < -0.39 is 0 Å². The third-order valence-electron chi connectivity index (χ3n) is 11.0. The average Bonchev–Trinajstić information content (AvgIpc) is 3.62. The zero-order valence-corrected chi connectivity index (χ0v) is 27.2. The van der Waals surface area contributed by atoms with E-state index in [1.54, 1.807) is 0 Å². The summed E-state index contributed by atoms with van der Waals surface area (Å²) >= 11 is 0. The molecule has 0 bridgehead atoms. The Morgan fingerprint density at radius 3 is 2.04 bits per heavy atom. The first-order valence-electron chi connectivity index (χ1n) is 17.0. The molecule has 0 saturated heterocycles. The van der Waals surface area contributed by atoms with Crippen molar-refractivity contribution >= 4 is 43.5 Å². The Balaban J connectivity index is 1.06. The summed E-state index contributed by atoms with van der Waals surface area (Å²) in [6.07, 6.45) is 0. The molecular formula is C47H30O2. The third kappa shape index (κ3) is 3.66. The van der Waals surface area contributed by atoms with Gasteiger partial charge in [0.25, 0.3) is 0 Å². The maximum absolute atomic E-state index is 6.41. The highest BCUT2D eigenvalue weighted by Gasteiger charge is 2.38. The SMILES string of the molecule is CC1(C)c2cc(-c3ccc4c(c3)-c3cccc5cccc(c35)O4)ccc2-c2ccc3cccc(-c4ccc5c(c4)oc4ccccc45)c3c21. The van der Waals surface area contributed by atoms with E-state index in [4.69, 9.17) is 9.15 Å². The molecule has 0 saturated carbocycles. The smallest absolute Gasteiger partial charge is 0.136 e. The number of para-hydroxylation sites is 1. The maximum atomic E-state index is 6.41. The van der Waals surface area contributed by atoms with Gasteiger partial charge in [-0.1, -0.05) is 117 Å². The van der Waals surface area contributed by atoms with E-state index in [1.807, 2.05) is 12.1 Å². The summed E-state index contributed by atoms with van der Waals surface area (Å²) in [5, 5.41) is 7.26. The molecule has 1 aliphatic carbocycles. The van der Waals surface area contributed by atoms with Crippen LogP contribution in [-0.2, 0) is 5.41 Å². The monoisotopic (exact) mass is 626 g/mol. The number of hydrogen-bond acceptors (Lipinski definition) is 2. The summed E-state index contributed by atoms with van der Waals surface area (Å²) in [4.78, 5) is 0. The predicted molar refractivity (Wildman–Crippen MR) is 203 cm³/mol. The van der Waals surface area contributed by atoms with Gasteiger partial charge in [0.1, 0.15) is 22.7 Å². The van der Waals surface area contributed by atoms with Crippen LogP contribution in [0.2, 0.25) is 0 Å². The molecule has 2 nitrogen and oxygen atoms in total. The molecule has 0 atom stereocenters. The molecule has 1 aromatic heterocycles. The zero-order valence-electron chi connectivity index (χ0n) is 27.2. The lowest BCUT2D eigenvalue weighted by Gasteiger charge is -2.25. The fraction of sp³-hybridized carbons (Fsp3) is 0.0638. The first-order chi connectivity index (χ1) is 24.0. The molecule has 2 heteroatoms. The fourth-order valence-corrected chi connectivity index (χ4v) is 8.74. The van der Waals surface area contributed by atoms with E-state index in [0.29, 0.717) is 0 Å². The Bertz CT molecular complexity index is 2880. The van der Waals surface area contributed by atoms with Gasteiger partial charge in [-0.25, -0.2) is 0 Å². The van der Waals surface area contributed by atoms with Crippen LogP contribution in [-0.4, -0.2) is 0 Å². The minimum Gasteiger partial charge on any atom is -0.456 e. The van der Waals surface area contributed by atoms with Crippen LogP contribution in [0.5, 0.6) is 11.5 Å². The van der Waals surface area contributed by atoms with Crippen molar-refractivity contribution in [3.8, 4) is 56.0 Å². The van der Waals surface area contributed by atoms with Gasteiger partial charge in [-0.2, -0.15) is 0 Å². The quantitative estimate of drug-likeness (QED) is 0.190. The Labute approximate surface area is 283 Å². The lowest BCUT2D eigenvalue weighted by atomic mass is 9.78. The predicted octanol–water partition coefficient (Wildman–Crippen LogP) is 13.3. The van der Waals surface area contributed by atoms with Crippen molar-refractivity contribution in [3.63, 3.8) is 0 Å². The van der Waals surface area contributed by atoms with Crippen LogP contribution < -0.4 is 4.74 Å². The molecule has 0 amide bonds. The summed E-state index contributed by atoms with van der Waals surface area (Å²) in [5.41, 5.74) is 14.2. The maximum Gasteiger partial charge on any atom is 0.136 e. The van der Waals surface area contributed by atoms with Crippen LogP contribution >= 0.6 is 0 Å². The van der Waals surface area contributed by atoms with E-state index in [0.717, 1.165) is 39.0 Å². The third-order valence-corrected chi connectivity index (χ3v) is 11.0. The minimum atomic E-state index is -0.207. The molecule has 11 rings (SSSR count). The first kappa shape index (κ1) is 26.9. The van der Waals surface area contributed by atoms with E-state index in [1.165, 1.54) is 71.6 Å². The van der Waals surface area contributed by atoms with Crippen molar-refractivity contribution in [2.45, 2.75) is 19.3 Å². The Kier molecular flexibility index (Phi) is 5.21. The molecule has 230 valence electrons. The normalized spacial score (nSPS) is 13.8. The summed E-state index contributed by atoms with van der Waals surface area (Å²) in [7, 11) is 0. The molecule has 49 heavy (non-hydrogen) atoms. The second kappa shape index (κ2) is 9.49. The standard InChI is InChI=1S/C47H30O2/c1-47(2)39-25-30(29-19-23-41-38(24-29)36-13-6-8-27-10-7-15-42(48-41)44(27)36)17-20-33(39)37-22-16-28-9-5-12-32(45(28)46(37)47)31-18-21-35-34-11-3-4-14-40(34)49-43(35)26-31/h3-26H,1-2H3. The molecule has 0 fully saturated rings. The largest absolute Gasteiger partial charge is 0.456 e.